The highest BCUT2D eigenvalue weighted by atomic mass is 16.3. The first-order chi connectivity index (χ1) is 13.6. The van der Waals surface area contributed by atoms with Gasteiger partial charge in [-0.15, -0.1) is 0 Å². The van der Waals surface area contributed by atoms with Crippen LogP contribution in [0.5, 0.6) is 0 Å². The first-order valence-electron chi connectivity index (χ1n) is 9.28. The zero-order valence-corrected chi connectivity index (χ0v) is 15.9. The van der Waals surface area contributed by atoms with Crippen LogP contribution in [-0.4, -0.2) is 16.7 Å². The van der Waals surface area contributed by atoms with Gasteiger partial charge >= 0.3 is 0 Å². The van der Waals surface area contributed by atoms with Crippen molar-refractivity contribution in [2.45, 2.75) is 32.5 Å². The third-order valence-electron chi connectivity index (χ3n) is 4.45. The van der Waals surface area contributed by atoms with E-state index in [1.807, 2.05) is 72.8 Å². The van der Waals surface area contributed by atoms with Gasteiger partial charge in [0.15, 0.2) is 0 Å². The lowest BCUT2D eigenvalue weighted by molar-refractivity contribution is -0.133. The minimum atomic E-state index is -0.374. The maximum atomic E-state index is 13.2. The molecule has 0 radical (unpaired) electrons. The predicted octanol–water partition coefficient (Wildman–Crippen LogP) is 4.08. The normalized spacial score (nSPS) is 11.6. The number of rotatable bonds is 8. The highest BCUT2D eigenvalue weighted by Crippen LogP contribution is 2.20. The Labute approximate surface area is 165 Å². The van der Waals surface area contributed by atoms with Crippen molar-refractivity contribution in [1.29, 1.82) is 0 Å². The summed E-state index contributed by atoms with van der Waals surface area (Å²) < 4.78 is 5.44. The summed E-state index contributed by atoms with van der Waals surface area (Å²) in [5.41, 5.74) is 1.95. The molecule has 0 unspecified atom stereocenters. The molecule has 1 N–H and O–H groups in total. The quantitative estimate of drug-likeness (QED) is 0.644. The van der Waals surface area contributed by atoms with Gasteiger partial charge < -0.3 is 14.6 Å². The smallest absolute Gasteiger partial charge is 0.225 e. The zero-order valence-electron chi connectivity index (χ0n) is 15.9. The van der Waals surface area contributed by atoms with Crippen molar-refractivity contribution in [2.24, 2.45) is 0 Å². The lowest BCUT2D eigenvalue weighted by Crippen LogP contribution is -2.35. The number of nitrogens with one attached hydrogen (secondary N) is 1. The highest BCUT2D eigenvalue weighted by Gasteiger charge is 2.22. The number of amides is 2. The number of carbonyl (C=O) groups is 2. The Kier molecular flexibility index (Phi) is 6.63. The van der Waals surface area contributed by atoms with Gasteiger partial charge in [-0.2, -0.15) is 0 Å². The van der Waals surface area contributed by atoms with E-state index in [0.717, 1.165) is 16.9 Å². The number of hydrogen-bond donors (Lipinski definition) is 1. The van der Waals surface area contributed by atoms with Gasteiger partial charge in [0.05, 0.1) is 25.3 Å². The summed E-state index contributed by atoms with van der Waals surface area (Å²) in [6.45, 7) is 2.31. The summed E-state index contributed by atoms with van der Waals surface area (Å²) in [4.78, 5) is 26.6. The van der Waals surface area contributed by atoms with Crippen molar-refractivity contribution >= 4 is 11.8 Å². The van der Waals surface area contributed by atoms with Gasteiger partial charge in [0.2, 0.25) is 11.8 Å². The lowest BCUT2D eigenvalue weighted by Gasteiger charge is -2.25. The minimum Gasteiger partial charge on any atom is -0.467 e. The van der Waals surface area contributed by atoms with Crippen LogP contribution in [0.15, 0.2) is 83.5 Å². The van der Waals surface area contributed by atoms with Crippen LogP contribution in [-0.2, 0) is 22.7 Å². The van der Waals surface area contributed by atoms with Crippen molar-refractivity contribution in [3.63, 3.8) is 0 Å². The second kappa shape index (κ2) is 9.55. The van der Waals surface area contributed by atoms with Crippen LogP contribution in [0.1, 0.15) is 36.3 Å². The third kappa shape index (κ3) is 5.58. The van der Waals surface area contributed by atoms with Crippen molar-refractivity contribution < 1.29 is 14.0 Å². The standard InChI is InChI=1S/C23H24N2O3/c1-18(26)24-22(20-11-6-3-7-12-20)15-23(27)25(17-21-13-8-14-28-21)16-19-9-4-2-5-10-19/h2-14,22H,15-17H2,1H3,(H,24,26)/t22-/m1/s1. The monoisotopic (exact) mass is 376 g/mol. The van der Waals surface area contributed by atoms with Crippen LogP contribution < -0.4 is 5.32 Å². The van der Waals surface area contributed by atoms with E-state index in [1.165, 1.54) is 6.92 Å². The van der Waals surface area contributed by atoms with Crippen LogP contribution in [0.2, 0.25) is 0 Å². The molecule has 0 aliphatic carbocycles. The predicted molar refractivity (Wildman–Crippen MR) is 107 cm³/mol. The van der Waals surface area contributed by atoms with Gasteiger partial charge in [0.1, 0.15) is 5.76 Å². The second-order valence-corrected chi connectivity index (χ2v) is 6.68. The molecular weight excluding hydrogens is 352 g/mol. The van der Waals surface area contributed by atoms with E-state index < -0.39 is 0 Å². The molecule has 0 fully saturated rings. The minimum absolute atomic E-state index is 0.0529. The number of hydrogen-bond acceptors (Lipinski definition) is 3. The Morgan fingerprint density at radius 2 is 1.61 bits per heavy atom. The Morgan fingerprint density at radius 1 is 0.929 bits per heavy atom. The molecular formula is C23H24N2O3. The summed E-state index contributed by atoms with van der Waals surface area (Å²) in [7, 11) is 0. The Bertz CT molecular complexity index is 877. The number of furan rings is 1. The first-order valence-corrected chi connectivity index (χ1v) is 9.28. The molecule has 1 heterocycles. The maximum absolute atomic E-state index is 13.2. The van der Waals surface area contributed by atoms with Crippen LogP contribution in [0.3, 0.4) is 0 Å². The number of carbonyl (C=O) groups excluding carboxylic acids is 2. The van der Waals surface area contributed by atoms with Crippen molar-refractivity contribution in [3.05, 3.63) is 95.9 Å². The molecule has 1 atom stereocenters. The molecule has 0 bridgehead atoms. The molecule has 0 aliphatic heterocycles. The topological polar surface area (TPSA) is 62.6 Å². The third-order valence-corrected chi connectivity index (χ3v) is 4.45. The molecule has 0 spiro atoms. The number of benzene rings is 2. The molecule has 3 aromatic rings. The Hall–Kier alpha value is -3.34. The average molecular weight is 376 g/mol. The molecule has 0 aliphatic rings. The fourth-order valence-corrected chi connectivity index (χ4v) is 3.11. The Balaban J connectivity index is 1.79. The maximum Gasteiger partial charge on any atom is 0.225 e. The highest BCUT2D eigenvalue weighted by molar-refractivity contribution is 5.79. The summed E-state index contributed by atoms with van der Waals surface area (Å²) in [6.07, 6.45) is 1.78. The molecule has 0 saturated heterocycles. The van der Waals surface area contributed by atoms with Crippen LogP contribution in [0.4, 0.5) is 0 Å². The number of nitrogens with zero attached hydrogens (tertiary/aromatic N) is 1. The van der Waals surface area contributed by atoms with E-state index in [-0.39, 0.29) is 24.3 Å². The average Bonchev–Trinajstić information content (AvgIpc) is 3.21. The van der Waals surface area contributed by atoms with Gasteiger partial charge in [0.25, 0.3) is 0 Å². The summed E-state index contributed by atoms with van der Waals surface area (Å²) in [5, 5.41) is 2.89. The molecule has 3 rings (SSSR count). The molecule has 5 nitrogen and oxygen atoms in total. The van der Waals surface area contributed by atoms with E-state index in [4.69, 9.17) is 4.42 Å². The molecule has 0 saturated carbocycles. The fourth-order valence-electron chi connectivity index (χ4n) is 3.11. The van der Waals surface area contributed by atoms with Crippen molar-refractivity contribution in [1.82, 2.24) is 10.2 Å². The van der Waals surface area contributed by atoms with E-state index >= 15 is 0 Å². The fraction of sp³-hybridized carbons (Fsp3) is 0.217. The van der Waals surface area contributed by atoms with Crippen LogP contribution in [0, 0.1) is 0 Å². The van der Waals surface area contributed by atoms with Gasteiger partial charge in [-0.05, 0) is 23.3 Å². The molecule has 144 valence electrons. The van der Waals surface area contributed by atoms with Gasteiger partial charge in [-0.1, -0.05) is 60.7 Å². The summed E-state index contributed by atoms with van der Waals surface area (Å²) in [5.74, 6) is 0.505. The van der Waals surface area contributed by atoms with Crippen molar-refractivity contribution in [3.8, 4) is 0 Å². The second-order valence-electron chi connectivity index (χ2n) is 6.68. The molecule has 2 aromatic carbocycles. The lowest BCUT2D eigenvalue weighted by atomic mass is 10.0. The first kappa shape index (κ1) is 19.4. The molecule has 2 amide bonds. The molecule has 28 heavy (non-hydrogen) atoms. The van der Waals surface area contributed by atoms with E-state index in [2.05, 4.69) is 5.32 Å². The summed E-state index contributed by atoms with van der Waals surface area (Å²) >= 11 is 0. The van der Waals surface area contributed by atoms with Crippen molar-refractivity contribution in [2.75, 3.05) is 0 Å². The van der Waals surface area contributed by atoms with Crippen LogP contribution in [0.25, 0.3) is 0 Å². The zero-order chi connectivity index (χ0) is 19.8. The van der Waals surface area contributed by atoms with Gasteiger partial charge in [-0.3, -0.25) is 9.59 Å². The van der Waals surface area contributed by atoms with Gasteiger partial charge in [0, 0.05) is 13.5 Å². The SMILES string of the molecule is CC(=O)N[C@H](CC(=O)N(Cc1ccccc1)Cc1ccco1)c1ccccc1. The van der Waals surface area contributed by atoms with Gasteiger partial charge in [-0.25, -0.2) is 0 Å². The molecule has 1 aromatic heterocycles. The summed E-state index contributed by atoms with van der Waals surface area (Å²) in [6, 6.07) is 22.7. The largest absolute Gasteiger partial charge is 0.467 e. The Morgan fingerprint density at radius 3 is 2.21 bits per heavy atom. The van der Waals surface area contributed by atoms with Crippen LogP contribution >= 0.6 is 0 Å². The van der Waals surface area contributed by atoms with E-state index in [9.17, 15) is 9.59 Å². The van der Waals surface area contributed by atoms with E-state index in [0.29, 0.717) is 13.1 Å². The molecule has 5 heteroatoms. The van der Waals surface area contributed by atoms with E-state index in [1.54, 1.807) is 11.2 Å².